The van der Waals surface area contributed by atoms with Crippen LogP contribution >= 0.6 is 0 Å². The maximum atomic E-state index is 12.4. The highest BCUT2D eigenvalue weighted by Gasteiger charge is 2.35. The average molecular weight is 251 g/mol. The Morgan fingerprint density at radius 3 is 2.78 bits per heavy atom. The molecule has 1 atom stereocenters. The van der Waals surface area contributed by atoms with Crippen molar-refractivity contribution in [2.75, 3.05) is 13.1 Å². The number of nitrogens with zero attached hydrogens (tertiary/aromatic N) is 3. The van der Waals surface area contributed by atoms with Crippen molar-refractivity contribution in [2.45, 2.75) is 45.8 Å². The summed E-state index contributed by atoms with van der Waals surface area (Å²) in [7, 11) is 0. The molecule has 1 aromatic rings. The standard InChI is InChI=1S/C13H21N3O2/c1-4-10-8-11(16(5-2)14-10)12(17)15-7-6-13(3,18)9-15/h8,18H,4-7,9H2,1-3H3. The van der Waals surface area contributed by atoms with Crippen LogP contribution in [0.2, 0.25) is 0 Å². The summed E-state index contributed by atoms with van der Waals surface area (Å²) < 4.78 is 1.74. The van der Waals surface area contributed by atoms with Gasteiger partial charge in [-0.3, -0.25) is 9.48 Å². The molecule has 1 saturated heterocycles. The molecule has 0 aliphatic carbocycles. The van der Waals surface area contributed by atoms with Crippen LogP contribution in [-0.4, -0.2) is 44.4 Å². The summed E-state index contributed by atoms with van der Waals surface area (Å²) in [6, 6.07) is 1.86. The molecule has 0 bridgehead atoms. The van der Waals surface area contributed by atoms with Gasteiger partial charge in [0.25, 0.3) is 5.91 Å². The highest BCUT2D eigenvalue weighted by atomic mass is 16.3. The topological polar surface area (TPSA) is 58.4 Å². The number of aryl methyl sites for hydroxylation is 2. The molecule has 18 heavy (non-hydrogen) atoms. The summed E-state index contributed by atoms with van der Waals surface area (Å²) in [6.45, 7) is 7.48. The van der Waals surface area contributed by atoms with Crippen LogP contribution in [0.3, 0.4) is 0 Å². The van der Waals surface area contributed by atoms with Crippen molar-refractivity contribution in [1.82, 2.24) is 14.7 Å². The van der Waals surface area contributed by atoms with Crippen LogP contribution in [0.5, 0.6) is 0 Å². The van der Waals surface area contributed by atoms with Crippen molar-refractivity contribution in [3.63, 3.8) is 0 Å². The largest absolute Gasteiger partial charge is 0.388 e. The minimum Gasteiger partial charge on any atom is -0.388 e. The lowest BCUT2D eigenvalue weighted by Crippen LogP contribution is -2.35. The van der Waals surface area contributed by atoms with E-state index in [1.54, 1.807) is 16.5 Å². The van der Waals surface area contributed by atoms with Gasteiger partial charge in [0, 0.05) is 19.6 Å². The van der Waals surface area contributed by atoms with E-state index in [1.807, 2.05) is 19.9 Å². The zero-order valence-electron chi connectivity index (χ0n) is 11.3. The van der Waals surface area contributed by atoms with E-state index in [2.05, 4.69) is 5.10 Å². The number of hydrogen-bond donors (Lipinski definition) is 1. The van der Waals surface area contributed by atoms with Gasteiger partial charge in [-0.2, -0.15) is 5.10 Å². The Morgan fingerprint density at radius 1 is 1.56 bits per heavy atom. The Kier molecular flexibility index (Phi) is 3.43. The highest BCUT2D eigenvalue weighted by Crippen LogP contribution is 2.22. The molecular formula is C13H21N3O2. The van der Waals surface area contributed by atoms with Crippen LogP contribution < -0.4 is 0 Å². The van der Waals surface area contributed by atoms with E-state index in [-0.39, 0.29) is 5.91 Å². The molecule has 1 aromatic heterocycles. The third kappa shape index (κ3) is 2.41. The van der Waals surface area contributed by atoms with Gasteiger partial charge in [0.2, 0.25) is 0 Å². The van der Waals surface area contributed by atoms with E-state index in [4.69, 9.17) is 0 Å². The van der Waals surface area contributed by atoms with E-state index in [9.17, 15) is 9.90 Å². The summed E-state index contributed by atoms with van der Waals surface area (Å²) in [5, 5.41) is 14.3. The summed E-state index contributed by atoms with van der Waals surface area (Å²) in [5.41, 5.74) is 0.818. The second-order valence-electron chi connectivity index (χ2n) is 5.16. The van der Waals surface area contributed by atoms with Gasteiger partial charge in [0.05, 0.1) is 11.3 Å². The minimum atomic E-state index is -0.750. The molecule has 100 valence electrons. The number of carbonyl (C=O) groups is 1. The first-order valence-corrected chi connectivity index (χ1v) is 6.55. The van der Waals surface area contributed by atoms with E-state index >= 15 is 0 Å². The van der Waals surface area contributed by atoms with Crippen molar-refractivity contribution < 1.29 is 9.90 Å². The Balaban J connectivity index is 2.21. The molecule has 1 fully saturated rings. The molecule has 2 heterocycles. The van der Waals surface area contributed by atoms with Crippen molar-refractivity contribution >= 4 is 5.91 Å². The zero-order chi connectivity index (χ0) is 13.3. The lowest BCUT2D eigenvalue weighted by atomic mass is 10.1. The second-order valence-corrected chi connectivity index (χ2v) is 5.16. The van der Waals surface area contributed by atoms with Gasteiger partial charge in [-0.1, -0.05) is 6.92 Å². The predicted molar refractivity (Wildman–Crippen MR) is 68.4 cm³/mol. The van der Waals surface area contributed by atoms with Crippen LogP contribution in [0.15, 0.2) is 6.07 Å². The fourth-order valence-corrected chi connectivity index (χ4v) is 2.34. The van der Waals surface area contributed by atoms with E-state index in [0.29, 0.717) is 31.7 Å². The quantitative estimate of drug-likeness (QED) is 0.874. The number of carbonyl (C=O) groups excluding carboxylic acids is 1. The molecule has 0 spiro atoms. The summed E-state index contributed by atoms with van der Waals surface area (Å²) in [6.07, 6.45) is 1.46. The third-order valence-electron chi connectivity index (χ3n) is 3.45. The number of amides is 1. The SMILES string of the molecule is CCc1cc(C(=O)N2CCC(C)(O)C2)n(CC)n1. The first-order chi connectivity index (χ1) is 8.46. The fraction of sp³-hybridized carbons (Fsp3) is 0.692. The van der Waals surface area contributed by atoms with Gasteiger partial charge < -0.3 is 10.0 Å². The number of aliphatic hydroxyl groups is 1. The maximum absolute atomic E-state index is 12.4. The van der Waals surface area contributed by atoms with Crippen molar-refractivity contribution in [3.8, 4) is 0 Å². The van der Waals surface area contributed by atoms with Crippen molar-refractivity contribution in [3.05, 3.63) is 17.5 Å². The van der Waals surface area contributed by atoms with Gasteiger partial charge in [-0.15, -0.1) is 0 Å². The van der Waals surface area contributed by atoms with Gasteiger partial charge in [0.15, 0.2) is 0 Å². The third-order valence-corrected chi connectivity index (χ3v) is 3.45. The molecule has 2 rings (SSSR count). The molecule has 0 radical (unpaired) electrons. The average Bonchev–Trinajstić information content (AvgIpc) is 2.91. The summed E-state index contributed by atoms with van der Waals surface area (Å²) in [4.78, 5) is 14.1. The number of likely N-dealkylation sites (tertiary alicyclic amines) is 1. The van der Waals surface area contributed by atoms with Gasteiger partial charge in [-0.25, -0.2) is 0 Å². The van der Waals surface area contributed by atoms with Crippen molar-refractivity contribution in [2.24, 2.45) is 0 Å². The van der Waals surface area contributed by atoms with Crippen molar-refractivity contribution in [1.29, 1.82) is 0 Å². The molecular weight excluding hydrogens is 230 g/mol. The Labute approximate surface area is 107 Å². The lowest BCUT2D eigenvalue weighted by molar-refractivity contribution is 0.0565. The van der Waals surface area contributed by atoms with E-state index in [0.717, 1.165) is 12.1 Å². The van der Waals surface area contributed by atoms with E-state index in [1.165, 1.54) is 0 Å². The monoisotopic (exact) mass is 251 g/mol. The Bertz CT molecular complexity index is 451. The van der Waals surface area contributed by atoms with Crippen LogP contribution in [0.25, 0.3) is 0 Å². The number of β-amino-alcohol motifs (C(OH)–C–C–N with tert-alkyl or cyclic N) is 1. The van der Waals surface area contributed by atoms with E-state index < -0.39 is 5.60 Å². The predicted octanol–water partition coefficient (Wildman–Crippen LogP) is 1.06. The number of rotatable bonds is 3. The smallest absolute Gasteiger partial charge is 0.272 e. The van der Waals surface area contributed by atoms with Gasteiger partial charge in [0.1, 0.15) is 5.69 Å². The first kappa shape index (κ1) is 13.1. The molecule has 1 N–H and O–H groups in total. The summed E-state index contributed by atoms with van der Waals surface area (Å²) in [5.74, 6) is -0.0261. The van der Waals surface area contributed by atoms with Crippen LogP contribution in [-0.2, 0) is 13.0 Å². The molecule has 1 amide bonds. The minimum absolute atomic E-state index is 0.0261. The van der Waals surface area contributed by atoms with Gasteiger partial charge in [-0.05, 0) is 32.8 Å². The van der Waals surface area contributed by atoms with Gasteiger partial charge >= 0.3 is 0 Å². The fourth-order valence-electron chi connectivity index (χ4n) is 2.34. The highest BCUT2D eigenvalue weighted by molar-refractivity contribution is 5.93. The van der Waals surface area contributed by atoms with Crippen LogP contribution in [0, 0.1) is 0 Å². The molecule has 0 saturated carbocycles. The molecule has 5 nitrogen and oxygen atoms in total. The van der Waals surface area contributed by atoms with Crippen LogP contribution in [0.4, 0.5) is 0 Å². The Morgan fingerprint density at radius 2 is 2.28 bits per heavy atom. The molecule has 5 heteroatoms. The number of aromatic nitrogens is 2. The number of hydrogen-bond acceptors (Lipinski definition) is 3. The first-order valence-electron chi connectivity index (χ1n) is 6.55. The summed E-state index contributed by atoms with van der Waals surface area (Å²) >= 11 is 0. The van der Waals surface area contributed by atoms with Crippen LogP contribution in [0.1, 0.15) is 43.4 Å². The molecule has 1 unspecified atom stereocenters. The lowest BCUT2D eigenvalue weighted by Gasteiger charge is -2.19. The molecule has 1 aliphatic heterocycles. The maximum Gasteiger partial charge on any atom is 0.272 e. The second kappa shape index (κ2) is 4.72. The normalized spacial score (nSPS) is 23.7. The molecule has 1 aliphatic rings. The molecule has 0 aromatic carbocycles. The Hall–Kier alpha value is -1.36. The zero-order valence-corrected chi connectivity index (χ0v) is 11.3.